The van der Waals surface area contributed by atoms with Crippen LogP contribution in [0.5, 0.6) is 5.75 Å². The lowest BCUT2D eigenvalue weighted by Crippen LogP contribution is -2.40. The largest absolute Gasteiger partial charge is 0.478 e. The number of hydrogen-bond acceptors (Lipinski definition) is 4. The van der Waals surface area contributed by atoms with Crippen molar-refractivity contribution in [2.75, 3.05) is 23.7 Å². The molecule has 0 aromatic heterocycles. The SMILES string of the molecule is CS(=O)(=O)N1CCC(C(=O)NCCc2ccccc2)Oc2ccc(Cl)cc21. The predicted molar refractivity (Wildman–Crippen MR) is 106 cm³/mol. The molecule has 144 valence electrons. The molecule has 3 rings (SSSR count). The van der Waals surface area contributed by atoms with Gasteiger partial charge in [0.1, 0.15) is 5.75 Å². The van der Waals surface area contributed by atoms with Crippen LogP contribution in [0.4, 0.5) is 5.69 Å². The van der Waals surface area contributed by atoms with Gasteiger partial charge in [-0.05, 0) is 30.2 Å². The second-order valence-electron chi connectivity index (χ2n) is 6.37. The molecule has 1 unspecified atom stereocenters. The van der Waals surface area contributed by atoms with Crippen molar-refractivity contribution in [1.29, 1.82) is 0 Å². The molecule has 8 heteroatoms. The standard InChI is InChI=1S/C19H21ClN2O4S/c1-27(24,25)22-12-10-18(26-17-8-7-15(20)13-16(17)22)19(23)21-11-9-14-5-3-2-4-6-14/h2-8,13,18H,9-12H2,1H3,(H,21,23). The summed E-state index contributed by atoms with van der Waals surface area (Å²) in [5, 5.41) is 3.27. The summed E-state index contributed by atoms with van der Waals surface area (Å²) in [6.45, 7) is 0.620. The van der Waals surface area contributed by atoms with Crippen LogP contribution in [0.15, 0.2) is 48.5 Å². The summed E-state index contributed by atoms with van der Waals surface area (Å²) in [6.07, 6.45) is 1.31. The van der Waals surface area contributed by atoms with E-state index in [0.717, 1.165) is 11.8 Å². The van der Waals surface area contributed by atoms with E-state index in [2.05, 4.69) is 5.32 Å². The zero-order chi connectivity index (χ0) is 19.4. The van der Waals surface area contributed by atoms with Gasteiger partial charge in [0.2, 0.25) is 10.0 Å². The van der Waals surface area contributed by atoms with Crippen LogP contribution in [0, 0.1) is 0 Å². The van der Waals surface area contributed by atoms with E-state index in [4.69, 9.17) is 16.3 Å². The lowest BCUT2D eigenvalue weighted by Gasteiger charge is -2.21. The number of nitrogens with one attached hydrogen (secondary N) is 1. The number of hydrogen-bond donors (Lipinski definition) is 1. The quantitative estimate of drug-likeness (QED) is 0.825. The maximum atomic E-state index is 12.5. The molecule has 0 fully saturated rings. The van der Waals surface area contributed by atoms with Crippen molar-refractivity contribution in [2.24, 2.45) is 0 Å². The number of rotatable bonds is 5. The van der Waals surface area contributed by atoms with Gasteiger partial charge in [-0.1, -0.05) is 41.9 Å². The highest BCUT2D eigenvalue weighted by Gasteiger charge is 2.31. The number of carbonyl (C=O) groups excluding carboxylic acids is 1. The molecule has 1 atom stereocenters. The minimum absolute atomic E-state index is 0.142. The normalized spacial score (nSPS) is 16.8. The Morgan fingerprint density at radius 1 is 1.26 bits per heavy atom. The minimum Gasteiger partial charge on any atom is -0.478 e. The number of amides is 1. The first kappa shape index (κ1) is 19.5. The van der Waals surface area contributed by atoms with Crippen LogP contribution in [-0.4, -0.2) is 39.8 Å². The number of nitrogens with zero attached hydrogens (tertiary/aromatic N) is 1. The molecule has 0 spiro atoms. The molecule has 2 aromatic rings. The molecule has 1 aliphatic heterocycles. The van der Waals surface area contributed by atoms with Crippen molar-refractivity contribution < 1.29 is 17.9 Å². The summed E-state index contributed by atoms with van der Waals surface area (Å²) < 4.78 is 31.3. The van der Waals surface area contributed by atoms with Crippen molar-refractivity contribution in [2.45, 2.75) is 18.9 Å². The molecule has 0 bridgehead atoms. The number of sulfonamides is 1. The third-order valence-electron chi connectivity index (χ3n) is 4.30. The summed E-state index contributed by atoms with van der Waals surface area (Å²) in [4.78, 5) is 12.5. The van der Waals surface area contributed by atoms with Gasteiger partial charge in [0.05, 0.1) is 11.9 Å². The van der Waals surface area contributed by atoms with Crippen LogP contribution < -0.4 is 14.4 Å². The molecule has 1 aliphatic rings. The minimum atomic E-state index is -3.52. The van der Waals surface area contributed by atoms with Crippen LogP contribution >= 0.6 is 11.6 Å². The van der Waals surface area contributed by atoms with Gasteiger partial charge in [0, 0.05) is 24.5 Å². The lowest BCUT2D eigenvalue weighted by molar-refractivity contribution is -0.128. The highest BCUT2D eigenvalue weighted by molar-refractivity contribution is 7.92. The van der Waals surface area contributed by atoms with Gasteiger partial charge in [0.25, 0.3) is 5.91 Å². The summed E-state index contributed by atoms with van der Waals surface area (Å²) in [6, 6.07) is 14.6. The Labute approximate surface area is 164 Å². The van der Waals surface area contributed by atoms with Crippen molar-refractivity contribution in [1.82, 2.24) is 5.32 Å². The van der Waals surface area contributed by atoms with Gasteiger partial charge >= 0.3 is 0 Å². The Kier molecular flexibility index (Phi) is 5.92. The molecule has 27 heavy (non-hydrogen) atoms. The Hall–Kier alpha value is -2.25. The fourth-order valence-electron chi connectivity index (χ4n) is 2.97. The summed E-state index contributed by atoms with van der Waals surface area (Å²) in [5.41, 5.74) is 1.48. The molecule has 6 nitrogen and oxygen atoms in total. The smallest absolute Gasteiger partial charge is 0.261 e. The van der Waals surface area contributed by atoms with Crippen LogP contribution in [0.3, 0.4) is 0 Å². The predicted octanol–water partition coefficient (Wildman–Crippen LogP) is 2.62. The number of anilines is 1. The Balaban J connectivity index is 1.71. The monoisotopic (exact) mass is 408 g/mol. The molecule has 1 amide bonds. The molecular weight excluding hydrogens is 388 g/mol. The van der Waals surface area contributed by atoms with Crippen molar-refractivity contribution >= 4 is 33.2 Å². The van der Waals surface area contributed by atoms with E-state index in [1.54, 1.807) is 12.1 Å². The molecule has 0 radical (unpaired) electrons. The number of benzene rings is 2. The van der Waals surface area contributed by atoms with Gasteiger partial charge in [-0.15, -0.1) is 0 Å². The van der Waals surface area contributed by atoms with Crippen LogP contribution in [-0.2, 0) is 21.2 Å². The molecule has 2 aromatic carbocycles. The van der Waals surface area contributed by atoms with Gasteiger partial charge < -0.3 is 10.1 Å². The fourth-order valence-corrected chi connectivity index (χ4v) is 4.07. The molecule has 0 saturated carbocycles. The lowest BCUT2D eigenvalue weighted by atomic mass is 10.1. The molecule has 1 heterocycles. The van der Waals surface area contributed by atoms with Crippen LogP contribution in [0.2, 0.25) is 5.02 Å². The van der Waals surface area contributed by atoms with E-state index in [-0.39, 0.29) is 18.9 Å². The Bertz CT molecular complexity index is 919. The highest BCUT2D eigenvalue weighted by atomic mass is 35.5. The van der Waals surface area contributed by atoms with Gasteiger partial charge in [0.15, 0.2) is 6.10 Å². The third kappa shape index (κ3) is 4.93. The zero-order valence-electron chi connectivity index (χ0n) is 14.9. The van der Waals surface area contributed by atoms with E-state index < -0.39 is 16.1 Å². The maximum Gasteiger partial charge on any atom is 0.261 e. The Morgan fingerprint density at radius 2 is 2.00 bits per heavy atom. The van der Waals surface area contributed by atoms with E-state index in [0.29, 0.717) is 29.4 Å². The van der Waals surface area contributed by atoms with Crippen LogP contribution in [0.1, 0.15) is 12.0 Å². The summed E-state index contributed by atoms with van der Waals surface area (Å²) >= 11 is 6.01. The number of carbonyl (C=O) groups is 1. The average Bonchev–Trinajstić information content (AvgIpc) is 2.81. The van der Waals surface area contributed by atoms with Gasteiger partial charge in [-0.3, -0.25) is 9.10 Å². The molecule has 0 aliphatic carbocycles. The Morgan fingerprint density at radius 3 is 2.70 bits per heavy atom. The van der Waals surface area contributed by atoms with E-state index in [9.17, 15) is 13.2 Å². The van der Waals surface area contributed by atoms with Gasteiger partial charge in [-0.25, -0.2) is 8.42 Å². The average molecular weight is 409 g/mol. The second-order valence-corrected chi connectivity index (χ2v) is 8.71. The molecular formula is C19H21ClN2O4S. The summed E-state index contributed by atoms with van der Waals surface area (Å²) in [7, 11) is -3.52. The first-order valence-electron chi connectivity index (χ1n) is 8.60. The van der Waals surface area contributed by atoms with Crippen LogP contribution in [0.25, 0.3) is 0 Å². The number of fused-ring (bicyclic) bond motifs is 1. The van der Waals surface area contributed by atoms with E-state index >= 15 is 0 Å². The second kappa shape index (κ2) is 8.19. The first-order valence-corrected chi connectivity index (χ1v) is 10.8. The number of halogens is 1. The van der Waals surface area contributed by atoms with E-state index in [1.807, 2.05) is 30.3 Å². The zero-order valence-corrected chi connectivity index (χ0v) is 16.5. The topological polar surface area (TPSA) is 75.7 Å². The van der Waals surface area contributed by atoms with Gasteiger partial charge in [-0.2, -0.15) is 0 Å². The maximum absolute atomic E-state index is 12.5. The third-order valence-corrected chi connectivity index (χ3v) is 5.72. The van der Waals surface area contributed by atoms with Crippen molar-refractivity contribution in [3.8, 4) is 5.75 Å². The molecule has 1 N–H and O–H groups in total. The number of ether oxygens (including phenoxy) is 1. The molecule has 0 saturated heterocycles. The van der Waals surface area contributed by atoms with Crippen molar-refractivity contribution in [3.05, 3.63) is 59.1 Å². The first-order chi connectivity index (χ1) is 12.8. The van der Waals surface area contributed by atoms with E-state index in [1.165, 1.54) is 10.4 Å². The van der Waals surface area contributed by atoms with Crippen molar-refractivity contribution in [3.63, 3.8) is 0 Å². The highest BCUT2D eigenvalue weighted by Crippen LogP contribution is 2.36. The summed E-state index contributed by atoms with van der Waals surface area (Å²) in [5.74, 6) is 0.0627. The fraction of sp³-hybridized carbons (Fsp3) is 0.316.